The van der Waals surface area contributed by atoms with E-state index in [0.717, 1.165) is 0 Å². The number of alkyl halides is 12. The molecule has 174 valence electrons. The van der Waals surface area contributed by atoms with Gasteiger partial charge in [0, 0.05) is 0 Å². The summed E-state index contributed by atoms with van der Waals surface area (Å²) in [7, 11) is 1.01. The number of benzene rings is 1. The first kappa shape index (κ1) is 27.4. The zero-order valence-corrected chi connectivity index (χ0v) is 17.3. The predicted octanol–water partition coefficient (Wildman–Crippen LogP) is 8.15. The molecule has 0 aliphatic carbocycles. The molecule has 0 heterocycles. The lowest BCUT2D eigenvalue weighted by atomic mass is 10.3. The summed E-state index contributed by atoms with van der Waals surface area (Å²) in [6.07, 6.45) is 0. The Labute approximate surface area is 176 Å². The van der Waals surface area contributed by atoms with Gasteiger partial charge in [0.2, 0.25) is 0 Å². The monoisotopic (exact) mass is 538 g/mol. The number of ether oxygens (including phenoxy) is 2. The van der Waals surface area contributed by atoms with Crippen LogP contribution < -0.4 is 9.47 Å². The molecule has 1 aromatic rings. The van der Waals surface area contributed by atoms with Crippen molar-refractivity contribution < 1.29 is 62.2 Å². The molecule has 1 rings (SSSR count). The molecular formula is C12H6F12O2S4. The van der Waals surface area contributed by atoms with E-state index in [9.17, 15) is 52.7 Å². The van der Waals surface area contributed by atoms with Crippen LogP contribution in [0.2, 0.25) is 0 Å². The molecule has 0 aliphatic heterocycles. The SMILES string of the molecule is COc1c(SC(F)(F)F)c(SC(F)(F)F)c(OC)c(SC(F)(F)F)c1SC(F)(F)F. The molecule has 0 saturated carbocycles. The van der Waals surface area contributed by atoms with Crippen molar-refractivity contribution in [3.8, 4) is 11.5 Å². The van der Waals surface area contributed by atoms with E-state index in [1.54, 1.807) is 0 Å². The second-order valence-corrected chi connectivity index (χ2v) is 8.88. The molecule has 0 radical (unpaired) electrons. The summed E-state index contributed by atoms with van der Waals surface area (Å²) in [6, 6.07) is 0. The number of halogens is 12. The summed E-state index contributed by atoms with van der Waals surface area (Å²) >= 11 is -5.13. The van der Waals surface area contributed by atoms with Crippen LogP contribution in [-0.4, -0.2) is 36.3 Å². The van der Waals surface area contributed by atoms with Gasteiger partial charge in [0.15, 0.2) is 0 Å². The van der Waals surface area contributed by atoms with Crippen molar-refractivity contribution in [2.24, 2.45) is 0 Å². The third-order valence-electron chi connectivity index (χ3n) is 2.52. The first-order valence-electron chi connectivity index (χ1n) is 6.63. The van der Waals surface area contributed by atoms with E-state index in [4.69, 9.17) is 0 Å². The molecule has 0 spiro atoms. The molecule has 0 amide bonds. The fraction of sp³-hybridized carbons (Fsp3) is 0.500. The van der Waals surface area contributed by atoms with E-state index in [1.807, 2.05) is 0 Å². The molecule has 0 atom stereocenters. The highest BCUT2D eigenvalue weighted by Gasteiger charge is 2.45. The van der Waals surface area contributed by atoms with Crippen molar-refractivity contribution in [2.75, 3.05) is 14.2 Å². The van der Waals surface area contributed by atoms with Crippen LogP contribution in [0, 0.1) is 0 Å². The summed E-state index contributed by atoms with van der Waals surface area (Å²) in [5.41, 5.74) is -21.3. The van der Waals surface area contributed by atoms with Crippen LogP contribution in [0.3, 0.4) is 0 Å². The van der Waals surface area contributed by atoms with Crippen molar-refractivity contribution in [3.63, 3.8) is 0 Å². The Balaban J connectivity index is 4.09. The van der Waals surface area contributed by atoms with Gasteiger partial charge in [-0.2, -0.15) is 52.7 Å². The number of methoxy groups -OCH3 is 2. The minimum Gasteiger partial charge on any atom is -0.494 e. The van der Waals surface area contributed by atoms with Gasteiger partial charge < -0.3 is 9.47 Å². The lowest BCUT2D eigenvalue weighted by Crippen LogP contribution is -2.11. The van der Waals surface area contributed by atoms with E-state index in [0.29, 0.717) is 14.2 Å². The maximum atomic E-state index is 12.9. The molecule has 0 N–H and O–H groups in total. The van der Waals surface area contributed by atoms with Crippen molar-refractivity contribution in [2.45, 2.75) is 41.6 Å². The molecule has 0 bridgehead atoms. The number of thioether (sulfide) groups is 4. The fourth-order valence-corrected chi connectivity index (χ4v) is 5.23. The maximum absolute atomic E-state index is 12.9. The zero-order valence-electron chi connectivity index (χ0n) is 14.0. The molecule has 0 aliphatic rings. The van der Waals surface area contributed by atoms with Gasteiger partial charge in [0.05, 0.1) is 33.8 Å². The average Bonchev–Trinajstić information content (AvgIpc) is 2.46. The van der Waals surface area contributed by atoms with Gasteiger partial charge in [0.1, 0.15) is 11.5 Å². The van der Waals surface area contributed by atoms with Crippen LogP contribution in [0.5, 0.6) is 11.5 Å². The van der Waals surface area contributed by atoms with Crippen LogP contribution in [0.15, 0.2) is 19.6 Å². The fourth-order valence-electron chi connectivity index (χ4n) is 1.82. The number of hydrogen-bond acceptors (Lipinski definition) is 6. The standard InChI is InChI=1S/C12H6F12O2S4/c1-25-3-5(27-9(13,14)15)7(29-11(19,20)21)4(26-2)8(30-12(22,23)24)6(3)28-10(16,17)18/h1-2H3. The third kappa shape index (κ3) is 8.49. The normalized spacial score (nSPS) is 13.5. The van der Waals surface area contributed by atoms with Crippen molar-refractivity contribution in [1.29, 1.82) is 0 Å². The van der Waals surface area contributed by atoms with Crippen LogP contribution in [0.4, 0.5) is 52.7 Å². The van der Waals surface area contributed by atoms with Crippen molar-refractivity contribution >= 4 is 47.0 Å². The summed E-state index contributed by atoms with van der Waals surface area (Å²) in [6.45, 7) is 0. The highest BCUT2D eigenvalue weighted by atomic mass is 32.2. The minimum atomic E-state index is -5.32. The minimum absolute atomic E-state index is 0.507. The number of rotatable bonds is 6. The summed E-state index contributed by atoms with van der Waals surface area (Å²) in [5.74, 6) is -2.92. The van der Waals surface area contributed by atoms with Crippen LogP contribution in [0.25, 0.3) is 0 Å². The average molecular weight is 538 g/mol. The first-order chi connectivity index (χ1) is 13.3. The third-order valence-corrected chi connectivity index (χ3v) is 6.08. The van der Waals surface area contributed by atoms with Gasteiger partial charge in [-0.25, -0.2) is 0 Å². The summed E-state index contributed by atoms with van der Waals surface area (Å²) < 4.78 is 164. The molecule has 0 fully saturated rings. The molecule has 0 saturated heterocycles. The second-order valence-electron chi connectivity index (χ2n) is 4.57. The summed E-state index contributed by atoms with van der Waals surface area (Å²) in [5, 5.41) is 0. The van der Waals surface area contributed by atoms with Gasteiger partial charge in [0.25, 0.3) is 0 Å². The smallest absolute Gasteiger partial charge is 0.446 e. The van der Waals surface area contributed by atoms with Gasteiger partial charge in [-0.3, -0.25) is 0 Å². The summed E-state index contributed by atoms with van der Waals surface area (Å²) in [4.78, 5) is -6.10. The predicted molar refractivity (Wildman–Crippen MR) is 87.2 cm³/mol. The highest BCUT2D eigenvalue weighted by Crippen LogP contribution is 2.62. The quantitative estimate of drug-likeness (QED) is 0.267. The van der Waals surface area contributed by atoms with E-state index in [1.165, 1.54) is 0 Å². The maximum Gasteiger partial charge on any atom is 0.446 e. The lowest BCUT2D eigenvalue weighted by molar-refractivity contribution is -0.0353. The Kier molecular flexibility index (Phi) is 8.66. The Hall–Kier alpha value is -0.620. The Morgan fingerprint density at radius 3 is 0.700 bits per heavy atom. The molecule has 0 unspecified atom stereocenters. The molecule has 2 nitrogen and oxygen atoms in total. The van der Waals surface area contributed by atoms with Crippen LogP contribution >= 0.6 is 47.0 Å². The van der Waals surface area contributed by atoms with Gasteiger partial charge >= 0.3 is 22.0 Å². The second kappa shape index (κ2) is 9.48. The van der Waals surface area contributed by atoms with Gasteiger partial charge in [-0.1, -0.05) is 0 Å². The molecule has 30 heavy (non-hydrogen) atoms. The van der Waals surface area contributed by atoms with Gasteiger partial charge in [-0.15, -0.1) is 0 Å². The van der Waals surface area contributed by atoms with E-state index < -0.39 is 100 Å². The van der Waals surface area contributed by atoms with Crippen molar-refractivity contribution in [1.82, 2.24) is 0 Å². The van der Waals surface area contributed by atoms with Crippen LogP contribution in [-0.2, 0) is 0 Å². The van der Waals surface area contributed by atoms with E-state index in [-0.39, 0.29) is 0 Å². The Morgan fingerprint density at radius 1 is 0.433 bits per heavy atom. The molecule has 1 aromatic carbocycles. The van der Waals surface area contributed by atoms with Crippen molar-refractivity contribution in [3.05, 3.63) is 0 Å². The van der Waals surface area contributed by atoms with Crippen LogP contribution in [0.1, 0.15) is 0 Å². The number of hydrogen-bond donors (Lipinski definition) is 0. The molecular weight excluding hydrogens is 532 g/mol. The topological polar surface area (TPSA) is 18.5 Å². The van der Waals surface area contributed by atoms with Gasteiger partial charge in [-0.05, 0) is 47.0 Å². The zero-order chi connectivity index (χ0) is 23.7. The largest absolute Gasteiger partial charge is 0.494 e. The van der Waals surface area contributed by atoms with E-state index >= 15 is 0 Å². The molecule has 0 aromatic heterocycles. The lowest BCUT2D eigenvalue weighted by Gasteiger charge is -2.25. The molecule has 18 heteroatoms. The Bertz CT molecular complexity index is 634. The highest BCUT2D eigenvalue weighted by molar-refractivity contribution is 8.04. The Morgan fingerprint density at radius 2 is 0.600 bits per heavy atom. The van der Waals surface area contributed by atoms with E-state index in [2.05, 4.69) is 9.47 Å². The first-order valence-corrected chi connectivity index (χ1v) is 9.89.